The van der Waals surface area contributed by atoms with Gasteiger partial charge in [0.1, 0.15) is 6.54 Å². The van der Waals surface area contributed by atoms with Crippen LogP contribution in [0.2, 0.25) is 0 Å². The van der Waals surface area contributed by atoms with Crippen LogP contribution < -0.4 is 0 Å². The molecule has 4 aromatic carbocycles. The van der Waals surface area contributed by atoms with Gasteiger partial charge in [-0.05, 0) is 46.5 Å². The van der Waals surface area contributed by atoms with Crippen LogP contribution >= 0.6 is 15.9 Å². The first-order valence-corrected chi connectivity index (χ1v) is 14.5. The number of amides is 3. The lowest BCUT2D eigenvalue weighted by atomic mass is 9.55. The number of nitro groups is 1. The third-order valence-corrected chi connectivity index (χ3v) is 9.21. The molecule has 1 saturated heterocycles. The van der Waals surface area contributed by atoms with E-state index in [1.54, 1.807) is 24.3 Å². The number of Topliss-reactive ketones (excluding diaryl/α,β-unsaturated/α-hetero) is 1. The Hall–Kier alpha value is -4.96. The summed E-state index contributed by atoms with van der Waals surface area (Å²) >= 11 is 3.34. The number of halogens is 1. The Morgan fingerprint density at radius 3 is 1.60 bits per heavy atom. The molecular formula is C33H22BrN3O6. The number of ketones is 1. The van der Waals surface area contributed by atoms with Crippen molar-refractivity contribution in [2.75, 3.05) is 6.54 Å². The summed E-state index contributed by atoms with van der Waals surface area (Å²) in [6.07, 6.45) is 0. The van der Waals surface area contributed by atoms with E-state index in [-0.39, 0.29) is 23.1 Å². The van der Waals surface area contributed by atoms with Gasteiger partial charge in [0.05, 0.1) is 16.8 Å². The Kier molecular flexibility index (Phi) is 6.32. The summed E-state index contributed by atoms with van der Waals surface area (Å²) in [6.45, 7) is -0.580. The third-order valence-electron chi connectivity index (χ3n) is 8.69. The number of benzene rings is 4. The van der Waals surface area contributed by atoms with E-state index in [1.165, 1.54) is 24.3 Å². The monoisotopic (exact) mass is 635 g/mol. The fraction of sp³-hybridized carbons (Fsp3) is 0.152. The van der Waals surface area contributed by atoms with Gasteiger partial charge in [-0.15, -0.1) is 0 Å². The zero-order chi connectivity index (χ0) is 30.0. The van der Waals surface area contributed by atoms with Gasteiger partial charge in [-0.3, -0.25) is 29.3 Å². The molecule has 1 fully saturated rings. The smallest absolute Gasteiger partial charge is 0.273 e. The van der Waals surface area contributed by atoms with Crippen molar-refractivity contribution in [3.63, 3.8) is 0 Å². The summed E-state index contributed by atoms with van der Waals surface area (Å²) in [5.74, 6) is -4.64. The number of carbonyl (C=O) groups is 4. The molecule has 0 radical (unpaired) electrons. The van der Waals surface area contributed by atoms with Crippen LogP contribution in [0.5, 0.6) is 0 Å². The summed E-state index contributed by atoms with van der Waals surface area (Å²) in [5, 5.41) is 13.0. The molecule has 4 aromatic rings. The Balaban J connectivity index is 1.32. The molecule has 0 N–H and O–H groups in total. The number of hydrogen-bond donors (Lipinski definition) is 0. The molecule has 10 heteroatoms. The first-order valence-electron chi connectivity index (χ1n) is 13.7. The predicted octanol–water partition coefficient (Wildman–Crippen LogP) is 5.49. The summed E-state index contributed by atoms with van der Waals surface area (Å²) < 4.78 is 0.756. The normalized spacial score (nSPS) is 21.2. The van der Waals surface area contributed by atoms with E-state index in [0.29, 0.717) is 5.56 Å². The number of nitro benzene ring substituents is 1. The number of rotatable bonds is 6. The minimum atomic E-state index is -0.789. The van der Waals surface area contributed by atoms with Gasteiger partial charge in [0.15, 0.2) is 5.78 Å². The van der Waals surface area contributed by atoms with Crippen molar-refractivity contribution in [3.8, 4) is 0 Å². The minimum Gasteiger partial charge on any atom is -0.292 e. The van der Waals surface area contributed by atoms with Gasteiger partial charge in [0.2, 0.25) is 0 Å². The highest BCUT2D eigenvalue weighted by Gasteiger charge is 2.63. The molecule has 0 unspecified atom stereocenters. The molecule has 8 rings (SSSR count). The molecule has 2 atom stereocenters. The lowest BCUT2D eigenvalue weighted by Gasteiger charge is -2.45. The number of imide groups is 1. The minimum absolute atomic E-state index is 0.000720. The maximum absolute atomic E-state index is 14.3. The average Bonchev–Trinajstić information content (AvgIpc) is 3.29. The number of hydrazine groups is 1. The van der Waals surface area contributed by atoms with Crippen molar-refractivity contribution in [2.45, 2.75) is 11.8 Å². The standard InChI is InChI=1S/C33H22BrN3O6/c34-20-13-9-18(10-14-20)26(38)17-35(31(39)19-11-15-21(16-12-19)37(42)43)36-32(40)29-27-22-5-1-2-6-23(22)28(30(29)33(36)41)25-8-4-3-7-24(25)27/h1-16,27-30H,17H2/t27?,28?,29-,30-/m0/s1. The van der Waals surface area contributed by atoms with Gasteiger partial charge < -0.3 is 0 Å². The van der Waals surface area contributed by atoms with Gasteiger partial charge in [-0.2, -0.15) is 5.01 Å². The fourth-order valence-electron chi connectivity index (χ4n) is 6.87. The first-order chi connectivity index (χ1) is 20.8. The predicted molar refractivity (Wildman–Crippen MR) is 158 cm³/mol. The Bertz CT molecular complexity index is 1740. The molecule has 43 heavy (non-hydrogen) atoms. The van der Waals surface area contributed by atoms with E-state index >= 15 is 0 Å². The van der Waals surface area contributed by atoms with Crippen molar-refractivity contribution < 1.29 is 24.1 Å². The highest BCUT2D eigenvalue weighted by Crippen LogP contribution is 2.61. The lowest BCUT2D eigenvalue weighted by Crippen LogP contribution is -2.52. The number of hydrogen-bond acceptors (Lipinski definition) is 6. The zero-order valence-corrected chi connectivity index (χ0v) is 24.0. The van der Waals surface area contributed by atoms with Gasteiger partial charge in [-0.25, -0.2) is 5.01 Å². The summed E-state index contributed by atoms with van der Waals surface area (Å²) in [4.78, 5) is 66.8. The van der Waals surface area contributed by atoms with Crippen LogP contribution in [0.15, 0.2) is 102 Å². The number of nitrogens with zero attached hydrogens (tertiary/aromatic N) is 3. The second kappa shape index (κ2) is 10.1. The zero-order valence-electron chi connectivity index (χ0n) is 22.4. The summed E-state index contributed by atoms with van der Waals surface area (Å²) in [6, 6.07) is 27.0. The van der Waals surface area contributed by atoms with E-state index in [1.807, 2.05) is 48.5 Å². The molecule has 9 nitrogen and oxygen atoms in total. The van der Waals surface area contributed by atoms with E-state index in [4.69, 9.17) is 0 Å². The Labute approximate surface area is 254 Å². The first kappa shape index (κ1) is 26.9. The van der Waals surface area contributed by atoms with Crippen LogP contribution in [0.4, 0.5) is 5.69 Å². The maximum Gasteiger partial charge on any atom is 0.273 e. The Morgan fingerprint density at radius 1 is 0.721 bits per heavy atom. The van der Waals surface area contributed by atoms with Crippen LogP contribution in [0.3, 0.4) is 0 Å². The lowest BCUT2D eigenvalue weighted by molar-refractivity contribution is -0.384. The second-order valence-corrected chi connectivity index (χ2v) is 11.8. The molecular weight excluding hydrogens is 614 g/mol. The van der Waals surface area contributed by atoms with Crippen molar-refractivity contribution in [1.29, 1.82) is 0 Å². The Morgan fingerprint density at radius 2 is 1.16 bits per heavy atom. The molecule has 0 spiro atoms. The van der Waals surface area contributed by atoms with E-state index in [9.17, 15) is 29.3 Å². The van der Waals surface area contributed by atoms with E-state index < -0.39 is 46.8 Å². The van der Waals surface area contributed by atoms with Crippen LogP contribution in [0, 0.1) is 22.0 Å². The number of non-ortho nitro benzene ring substituents is 1. The molecule has 0 aromatic heterocycles. The van der Waals surface area contributed by atoms with Crippen molar-refractivity contribution >= 4 is 45.1 Å². The molecule has 0 saturated carbocycles. The van der Waals surface area contributed by atoms with Crippen LogP contribution in [0.25, 0.3) is 0 Å². The quantitative estimate of drug-likeness (QED) is 0.120. The van der Waals surface area contributed by atoms with Crippen LogP contribution in [0.1, 0.15) is 54.8 Å². The third kappa shape index (κ3) is 4.12. The molecule has 1 heterocycles. The van der Waals surface area contributed by atoms with Gasteiger partial charge in [0, 0.05) is 39.6 Å². The van der Waals surface area contributed by atoms with Crippen molar-refractivity contribution in [2.24, 2.45) is 11.8 Å². The van der Waals surface area contributed by atoms with Crippen LogP contribution in [-0.4, -0.2) is 45.0 Å². The van der Waals surface area contributed by atoms with Crippen molar-refractivity contribution in [3.05, 3.63) is 145 Å². The topological polar surface area (TPSA) is 118 Å². The molecule has 3 amide bonds. The molecule has 3 aliphatic carbocycles. The average molecular weight is 636 g/mol. The highest BCUT2D eigenvalue weighted by atomic mass is 79.9. The molecule has 2 bridgehead atoms. The molecule has 212 valence electrons. The summed E-state index contributed by atoms with van der Waals surface area (Å²) in [7, 11) is 0. The van der Waals surface area contributed by atoms with E-state index in [0.717, 1.165) is 36.7 Å². The largest absolute Gasteiger partial charge is 0.292 e. The maximum atomic E-state index is 14.3. The number of carbonyl (C=O) groups excluding carboxylic acids is 4. The SMILES string of the molecule is O=C(CN(C(=O)c1ccc([N+](=O)[O-])cc1)N1C(=O)[C@H]2C3c4ccccc4C(c4ccccc43)[C@@H]2C1=O)c1ccc(Br)cc1. The van der Waals surface area contributed by atoms with E-state index in [2.05, 4.69) is 15.9 Å². The fourth-order valence-corrected chi connectivity index (χ4v) is 7.14. The molecule has 4 aliphatic rings. The second-order valence-electron chi connectivity index (χ2n) is 10.8. The molecule has 1 aliphatic heterocycles. The highest BCUT2D eigenvalue weighted by molar-refractivity contribution is 9.10. The van der Waals surface area contributed by atoms with Gasteiger partial charge in [-0.1, -0.05) is 76.6 Å². The van der Waals surface area contributed by atoms with Crippen LogP contribution in [-0.2, 0) is 9.59 Å². The van der Waals surface area contributed by atoms with Gasteiger partial charge >= 0.3 is 0 Å². The van der Waals surface area contributed by atoms with Gasteiger partial charge in [0.25, 0.3) is 23.4 Å². The van der Waals surface area contributed by atoms with Crippen molar-refractivity contribution in [1.82, 2.24) is 10.0 Å². The summed E-state index contributed by atoms with van der Waals surface area (Å²) in [5.41, 5.74) is 3.99.